The molecule has 0 saturated carbocycles. The molecule has 0 fully saturated rings. The zero-order chi connectivity index (χ0) is 26.0. The molecule has 36 heavy (non-hydrogen) atoms. The molecule has 0 aliphatic carbocycles. The zero-order valence-electron chi connectivity index (χ0n) is 20.6. The summed E-state index contributed by atoms with van der Waals surface area (Å²) >= 11 is 0. The summed E-state index contributed by atoms with van der Waals surface area (Å²) < 4.78 is 17.7. The third-order valence-electron chi connectivity index (χ3n) is 5.58. The molecular formula is C26H26N4O6. The predicted molar refractivity (Wildman–Crippen MR) is 130 cm³/mol. The number of rotatable bonds is 7. The quantitative estimate of drug-likeness (QED) is 0.282. The van der Waals surface area contributed by atoms with Crippen molar-refractivity contribution in [2.75, 3.05) is 6.61 Å². The van der Waals surface area contributed by atoms with E-state index in [4.69, 9.17) is 29.3 Å². The highest BCUT2D eigenvalue weighted by molar-refractivity contribution is 5.88. The van der Waals surface area contributed by atoms with Gasteiger partial charge < -0.3 is 14.2 Å². The molecule has 2 aromatic carbocycles. The molecule has 2 aromatic heterocycles. The average molecular weight is 491 g/mol. The predicted octanol–water partition coefficient (Wildman–Crippen LogP) is 3.68. The molecule has 0 spiro atoms. The van der Waals surface area contributed by atoms with E-state index in [2.05, 4.69) is 0 Å². The van der Waals surface area contributed by atoms with Crippen LogP contribution in [0.15, 0.2) is 42.5 Å². The number of para-hydroxylation sites is 1. The Kier molecular flexibility index (Phi) is 6.96. The molecule has 0 N–H and O–H groups in total. The van der Waals surface area contributed by atoms with Gasteiger partial charge in [-0.1, -0.05) is 18.2 Å². The summed E-state index contributed by atoms with van der Waals surface area (Å²) in [7, 11) is 0. The number of nitrogens with zero attached hydrogens (tertiary/aromatic N) is 4. The smallest absolute Gasteiger partial charge is 0.303 e. The van der Waals surface area contributed by atoms with Gasteiger partial charge in [-0.25, -0.2) is 14.6 Å². The second-order valence-corrected chi connectivity index (χ2v) is 8.43. The van der Waals surface area contributed by atoms with Crippen LogP contribution >= 0.6 is 0 Å². The number of hydrogen-bond donors (Lipinski definition) is 0. The number of aromatic nitrogens is 4. The molecule has 186 valence electrons. The Morgan fingerprint density at radius 1 is 0.861 bits per heavy atom. The van der Waals surface area contributed by atoms with Crippen molar-refractivity contribution in [1.82, 2.24) is 19.7 Å². The third kappa shape index (κ3) is 5.17. The fourth-order valence-electron chi connectivity index (χ4n) is 3.85. The summed E-state index contributed by atoms with van der Waals surface area (Å²) in [5.41, 5.74) is 5.12. The number of carbonyl (C=O) groups excluding carboxylic acids is 3. The van der Waals surface area contributed by atoms with Crippen molar-refractivity contribution in [2.45, 2.75) is 46.8 Å². The van der Waals surface area contributed by atoms with Crippen LogP contribution in [0.4, 0.5) is 0 Å². The van der Waals surface area contributed by atoms with E-state index in [1.165, 1.54) is 20.8 Å². The van der Waals surface area contributed by atoms with Crippen molar-refractivity contribution in [3.63, 3.8) is 0 Å². The van der Waals surface area contributed by atoms with E-state index in [1.807, 2.05) is 56.3 Å². The second kappa shape index (κ2) is 10.1. The highest BCUT2D eigenvalue weighted by Gasteiger charge is 2.35. The van der Waals surface area contributed by atoms with E-state index in [1.54, 1.807) is 4.68 Å². The average Bonchev–Trinajstić information content (AvgIpc) is 3.18. The van der Waals surface area contributed by atoms with Crippen LogP contribution in [0, 0.1) is 13.8 Å². The molecule has 0 saturated heterocycles. The highest BCUT2D eigenvalue weighted by Crippen LogP contribution is 2.32. The minimum Gasteiger partial charge on any atom is -0.462 e. The van der Waals surface area contributed by atoms with Crippen LogP contribution in [0.1, 0.15) is 43.7 Å². The van der Waals surface area contributed by atoms with E-state index in [-0.39, 0.29) is 12.3 Å². The molecule has 2 heterocycles. The fourth-order valence-corrected chi connectivity index (χ4v) is 3.85. The summed E-state index contributed by atoms with van der Waals surface area (Å²) in [6.45, 7) is 7.30. The standard InChI is InChI=1S/C26H26N4O6/c1-14-11-20-21(12-15(14)2)28-26-24(27-20)23(29-30(26)19-9-7-6-8-10-19)25(36-18(5)33)22(35-17(4)32)13-34-16(3)31/h6-12,22,25H,13H2,1-5H3. The molecule has 0 amide bonds. The molecule has 2 unspecified atom stereocenters. The Labute approximate surface area is 207 Å². The lowest BCUT2D eigenvalue weighted by Gasteiger charge is -2.24. The number of fused-ring (bicyclic) bond motifs is 2. The van der Waals surface area contributed by atoms with Gasteiger partial charge in [0.2, 0.25) is 0 Å². The topological polar surface area (TPSA) is 122 Å². The third-order valence-corrected chi connectivity index (χ3v) is 5.58. The highest BCUT2D eigenvalue weighted by atomic mass is 16.6. The first-order valence-corrected chi connectivity index (χ1v) is 11.3. The Bertz CT molecular complexity index is 1460. The number of hydrogen-bond acceptors (Lipinski definition) is 9. The number of ether oxygens (including phenoxy) is 3. The van der Waals surface area contributed by atoms with Gasteiger partial charge >= 0.3 is 17.9 Å². The first-order valence-electron chi connectivity index (χ1n) is 11.3. The maximum absolute atomic E-state index is 12.1. The van der Waals surface area contributed by atoms with Gasteiger partial charge in [0.25, 0.3) is 0 Å². The van der Waals surface area contributed by atoms with Gasteiger partial charge in [0, 0.05) is 20.8 Å². The van der Waals surface area contributed by atoms with Gasteiger partial charge in [-0.3, -0.25) is 14.4 Å². The Balaban J connectivity index is 1.99. The van der Waals surface area contributed by atoms with Gasteiger partial charge in [0.15, 0.2) is 17.9 Å². The Morgan fingerprint density at radius 2 is 1.47 bits per heavy atom. The number of carbonyl (C=O) groups is 3. The maximum atomic E-state index is 12.1. The van der Waals surface area contributed by atoms with Crippen LogP contribution in [0.2, 0.25) is 0 Å². The van der Waals surface area contributed by atoms with Crippen LogP contribution in [0.5, 0.6) is 0 Å². The molecule has 0 radical (unpaired) electrons. The van der Waals surface area contributed by atoms with E-state index >= 15 is 0 Å². The summed E-state index contributed by atoms with van der Waals surface area (Å²) in [6, 6.07) is 13.2. The van der Waals surface area contributed by atoms with Crippen molar-refractivity contribution < 1.29 is 28.6 Å². The second-order valence-electron chi connectivity index (χ2n) is 8.43. The molecule has 4 aromatic rings. The normalized spacial score (nSPS) is 12.8. The van der Waals surface area contributed by atoms with Crippen LogP contribution < -0.4 is 0 Å². The van der Waals surface area contributed by atoms with Crippen molar-refractivity contribution >= 4 is 40.1 Å². The summed E-state index contributed by atoms with van der Waals surface area (Å²) in [5.74, 6) is -1.86. The van der Waals surface area contributed by atoms with Crippen molar-refractivity contribution in [3.8, 4) is 5.69 Å². The number of aryl methyl sites for hydroxylation is 2. The van der Waals surface area contributed by atoms with E-state index in [0.29, 0.717) is 27.9 Å². The van der Waals surface area contributed by atoms with Gasteiger partial charge in [-0.05, 0) is 49.2 Å². The van der Waals surface area contributed by atoms with E-state index in [9.17, 15) is 14.4 Å². The monoisotopic (exact) mass is 490 g/mol. The van der Waals surface area contributed by atoms with Gasteiger partial charge in [0.05, 0.1) is 16.7 Å². The van der Waals surface area contributed by atoms with Crippen LogP contribution in [0.3, 0.4) is 0 Å². The lowest BCUT2D eigenvalue weighted by Crippen LogP contribution is -2.33. The molecule has 2 atom stereocenters. The first kappa shape index (κ1) is 24.8. The van der Waals surface area contributed by atoms with Crippen LogP contribution in [-0.4, -0.2) is 50.4 Å². The Hall–Kier alpha value is -4.34. The zero-order valence-corrected chi connectivity index (χ0v) is 20.6. The van der Waals surface area contributed by atoms with E-state index < -0.39 is 30.1 Å². The minimum atomic E-state index is -1.21. The number of esters is 3. The summed E-state index contributed by atoms with van der Waals surface area (Å²) in [4.78, 5) is 45.2. The summed E-state index contributed by atoms with van der Waals surface area (Å²) in [5, 5.41) is 4.72. The summed E-state index contributed by atoms with van der Waals surface area (Å²) in [6.07, 6.45) is -2.37. The SMILES string of the molecule is CC(=O)OCC(OC(C)=O)C(OC(C)=O)c1nn(-c2ccccc2)c2nc3cc(C)c(C)cc3nc12. The maximum Gasteiger partial charge on any atom is 0.303 e. The van der Waals surface area contributed by atoms with Crippen LogP contribution in [-0.2, 0) is 28.6 Å². The van der Waals surface area contributed by atoms with Crippen molar-refractivity contribution in [1.29, 1.82) is 0 Å². The molecule has 4 rings (SSSR count). The molecule has 0 aliphatic rings. The van der Waals surface area contributed by atoms with E-state index in [0.717, 1.165) is 11.1 Å². The molecule has 0 aliphatic heterocycles. The minimum absolute atomic E-state index is 0.218. The van der Waals surface area contributed by atoms with Gasteiger partial charge in [0.1, 0.15) is 17.8 Å². The lowest BCUT2D eigenvalue weighted by atomic mass is 10.1. The van der Waals surface area contributed by atoms with Crippen LogP contribution in [0.25, 0.3) is 27.9 Å². The molecule has 0 bridgehead atoms. The molecule has 10 heteroatoms. The lowest BCUT2D eigenvalue weighted by molar-refractivity contribution is -0.174. The fraction of sp³-hybridized carbons (Fsp3) is 0.308. The molecule has 10 nitrogen and oxygen atoms in total. The Morgan fingerprint density at radius 3 is 2.06 bits per heavy atom. The van der Waals surface area contributed by atoms with Gasteiger partial charge in [-0.15, -0.1) is 0 Å². The molecular weight excluding hydrogens is 464 g/mol. The van der Waals surface area contributed by atoms with Crippen molar-refractivity contribution in [2.24, 2.45) is 0 Å². The largest absolute Gasteiger partial charge is 0.462 e. The first-order chi connectivity index (χ1) is 17.1. The van der Waals surface area contributed by atoms with Gasteiger partial charge in [-0.2, -0.15) is 5.10 Å². The van der Waals surface area contributed by atoms with Crippen molar-refractivity contribution in [3.05, 3.63) is 59.3 Å². The number of benzene rings is 2.